The van der Waals surface area contributed by atoms with Crippen LogP contribution in [0.4, 0.5) is 0 Å². The van der Waals surface area contributed by atoms with E-state index in [1.165, 1.54) is 6.07 Å². The van der Waals surface area contributed by atoms with Gasteiger partial charge in [0.25, 0.3) is 5.56 Å². The summed E-state index contributed by atoms with van der Waals surface area (Å²) in [7, 11) is 0. The Balaban J connectivity index is 2.34. The van der Waals surface area contributed by atoms with E-state index in [2.05, 4.69) is 23.8 Å². The van der Waals surface area contributed by atoms with Gasteiger partial charge in [-0.15, -0.1) is 0 Å². The predicted octanol–water partition coefficient (Wildman–Crippen LogP) is 3.56. The summed E-state index contributed by atoms with van der Waals surface area (Å²) >= 11 is 0. The third kappa shape index (κ3) is 2.68. The van der Waals surface area contributed by atoms with Crippen LogP contribution in [0.5, 0.6) is 0 Å². The maximum Gasteiger partial charge on any atom is 0.335 e. The second kappa shape index (κ2) is 6.47. The molecule has 0 saturated carbocycles. The number of hydrogen-bond donors (Lipinski definition) is 2. The molecule has 0 spiro atoms. The Morgan fingerprint density at radius 2 is 1.96 bits per heavy atom. The van der Waals surface area contributed by atoms with Crippen molar-refractivity contribution in [3.05, 3.63) is 46.1 Å². The van der Waals surface area contributed by atoms with Gasteiger partial charge in [0.05, 0.1) is 22.8 Å². The Bertz CT molecular complexity index is 949. The number of hydrogen-bond acceptors (Lipinski definition) is 3. The molecular formula is C18H21N3O3. The maximum atomic E-state index is 12.3. The quantitative estimate of drug-likeness (QED) is 0.724. The van der Waals surface area contributed by atoms with Crippen molar-refractivity contribution in [1.82, 2.24) is 14.4 Å². The van der Waals surface area contributed by atoms with E-state index in [0.29, 0.717) is 16.6 Å². The summed E-state index contributed by atoms with van der Waals surface area (Å²) in [6.45, 7) is 4.26. The van der Waals surface area contributed by atoms with Gasteiger partial charge in [-0.1, -0.05) is 26.7 Å². The first kappa shape index (κ1) is 16.2. The lowest BCUT2D eigenvalue weighted by Crippen LogP contribution is -2.13. The molecule has 0 fully saturated rings. The lowest BCUT2D eigenvalue weighted by Gasteiger charge is -2.15. The second-order valence-corrected chi connectivity index (χ2v) is 6.10. The van der Waals surface area contributed by atoms with Crippen LogP contribution in [0.1, 0.15) is 61.6 Å². The van der Waals surface area contributed by atoms with Crippen LogP contribution in [0.15, 0.2) is 29.2 Å². The summed E-state index contributed by atoms with van der Waals surface area (Å²) in [4.78, 5) is 31.0. The number of benzene rings is 1. The molecule has 0 unspecified atom stereocenters. The number of aromatic nitrogens is 3. The van der Waals surface area contributed by atoms with Crippen LogP contribution in [0.2, 0.25) is 0 Å². The zero-order chi connectivity index (χ0) is 17.3. The molecule has 0 radical (unpaired) electrons. The van der Waals surface area contributed by atoms with E-state index in [4.69, 9.17) is 0 Å². The number of aromatic amines is 1. The Labute approximate surface area is 139 Å². The molecule has 3 aromatic rings. The van der Waals surface area contributed by atoms with Crippen molar-refractivity contribution in [3.8, 4) is 0 Å². The van der Waals surface area contributed by atoms with Crippen LogP contribution < -0.4 is 5.56 Å². The maximum absolute atomic E-state index is 12.3. The average Bonchev–Trinajstić information content (AvgIpc) is 3.00. The summed E-state index contributed by atoms with van der Waals surface area (Å²) in [6, 6.07) is 4.73. The first-order valence-electron chi connectivity index (χ1n) is 8.33. The zero-order valence-electron chi connectivity index (χ0n) is 13.9. The molecule has 6 nitrogen and oxygen atoms in total. The number of imidazole rings is 1. The number of carbonyl (C=O) groups is 1. The molecule has 2 N–H and O–H groups in total. The molecule has 126 valence electrons. The SMILES string of the molecule is CCCC(CCC)c1ncc2c(=O)[nH]c3ccc(C(=O)O)cc3n12. The van der Waals surface area contributed by atoms with Gasteiger partial charge in [0.1, 0.15) is 11.3 Å². The van der Waals surface area contributed by atoms with E-state index in [1.807, 2.05) is 4.40 Å². The molecule has 3 rings (SSSR count). The fraction of sp³-hybridized carbons (Fsp3) is 0.389. The van der Waals surface area contributed by atoms with Crippen LogP contribution >= 0.6 is 0 Å². The topological polar surface area (TPSA) is 87.5 Å². The highest BCUT2D eigenvalue weighted by atomic mass is 16.4. The van der Waals surface area contributed by atoms with Gasteiger partial charge in [0.2, 0.25) is 0 Å². The molecule has 6 heteroatoms. The molecule has 0 bridgehead atoms. The molecule has 2 aromatic heterocycles. The number of H-pyrrole nitrogens is 1. The molecule has 0 aliphatic carbocycles. The van der Waals surface area contributed by atoms with Crippen molar-refractivity contribution in [2.45, 2.75) is 45.4 Å². The minimum atomic E-state index is -0.989. The molecule has 24 heavy (non-hydrogen) atoms. The average molecular weight is 327 g/mol. The first-order chi connectivity index (χ1) is 11.6. The molecule has 0 aliphatic rings. The number of nitrogens with one attached hydrogen (secondary N) is 1. The van der Waals surface area contributed by atoms with Crippen LogP contribution in [-0.2, 0) is 0 Å². The van der Waals surface area contributed by atoms with Crippen LogP contribution in [0, 0.1) is 0 Å². The van der Waals surface area contributed by atoms with E-state index >= 15 is 0 Å². The number of carboxylic acid groups (broad SMARTS) is 1. The molecule has 0 aliphatic heterocycles. The number of nitrogens with zero attached hydrogens (tertiary/aromatic N) is 2. The van der Waals surface area contributed by atoms with Crippen LogP contribution in [-0.4, -0.2) is 25.4 Å². The highest BCUT2D eigenvalue weighted by molar-refractivity contribution is 5.92. The summed E-state index contributed by atoms with van der Waals surface area (Å²) in [5.74, 6) is 0.102. The van der Waals surface area contributed by atoms with Crippen molar-refractivity contribution in [1.29, 1.82) is 0 Å². The van der Waals surface area contributed by atoms with Gasteiger partial charge in [0.15, 0.2) is 0 Å². The Morgan fingerprint density at radius 3 is 2.58 bits per heavy atom. The van der Waals surface area contributed by atoms with Crippen LogP contribution in [0.25, 0.3) is 16.6 Å². The summed E-state index contributed by atoms with van der Waals surface area (Å²) < 4.78 is 1.83. The number of carboxylic acids is 1. The van der Waals surface area contributed by atoms with Crippen molar-refractivity contribution in [2.75, 3.05) is 0 Å². The van der Waals surface area contributed by atoms with Gasteiger partial charge in [-0.2, -0.15) is 0 Å². The smallest absolute Gasteiger partial charge is 0.335 e. The zero-order valence-corrected chi connectivity index (χ0v) is 13.9. The minimum Gasteiger partial charge on any atom is -0.478 e. The second-order valence-electron chi connectivity index (χ2n) is 6.10. The minimum absolute atomic E-state index is 0.193. The van der Waals surface area contributed by atoms with Gasteiger partial charge in [0, 0.05) is 5.92 Å². The van der Waals surface area contributed by atoms with Crippen molar-refractivity contribution < 1.29 is 9.90 Å². The van der Waals surface area contributed by atoms with E-state index < -0.39 is 5.97 Å². The van der Waals surface area contributed by atoms with Crippen LogP contribution in [0.3, 0.4) is 0 Å². The lowest BCUT2D eigenvalue weighted by molar-refractivity contribution is 0.0697. The molecular weight excluding hydrogens is 306 g/mol. The van der Waals surface area contributed by atoms with E-state index in [9.17, 15) is 14.7 Å². The molecule has 0 saturated heterocycles. The van der Waals surface area contributed by atoms with E-state index in [1.54, 1.807) is 18.3 Å². The molecule has 0 atom stereocenters. The Kier molecular flexibility index (Phi) is 4.38. The monoisotopic (exact) mass is 327 g/mol. The Hall–Kier alpha value is -2.63. The first-order valence-corrected chi connectivity index (χ1v) is 8.33. The fourth-order valence-electron chi connectivity index (χ4n) is 3.31. The number of rotatable bonds is 6. The summed E-state index contributed by atoms with van der Waals surface area (Å²) in [6.07, 6.45) is 5.61. The third-order valence-corrected chi connectivity index (χ3v) is 4.39. The normalized spacial score (nSPS) is 11.6. The Morgan fingerprint density at radius 1 is 1.25 bits per heavy atom. The fourth-order valence-corrected chi connectivity index (χ4v) is 3.31. The van der Waals surface area contributed by atoms with E-state index in [-0.39, 0.29) is 17.0 Å². The number of fused-ring (bicyclic) bond motifs is 3. The summed E-state index contributed by atoms with van der Waals surface area (Å²) in [5, 5.41) is 9.27. The van der Waals surface area contributed by atoms with Crippen molar-refractivity contribution >= 4 is 22.5 Å². The molecule has 1 aromatic carbocycles. The van der Waals surface area contributed by atoms with Gasteiger partial charge in [-0.3, -0.25) is 9.20 Å². The lowest BCUT2D eigenvalue weighted by atomic mass is 9.97. The highest BCUT2D eigenvalue weighted by Gasteiger charge is 2.19. The van der Waals surface area contributed by atoms with Crippen molar-refractivity contribution in [2.24, 2.45) is 0 Å². The highest BCUT2D eigenvalue weighted by Crippen LogP contribution is 2.27. The largest absolute Gasteiger partial charge is 0.478 e. The summed E-state index contributed by atoms with van der Waals surface area (Å²) in [5.41, 5.74) is 1.73. The van der Waals surface area contributed by atoms with Gasteiger partial charge in [-0.25, -0.2) is 9.78 Å². The molecule has 2 heterocycles. The predicted molar refractivity (Wildman–Crippen MR) is 92.8 cm³/mol. The van der Waals surface area contributed by atoms with Crippen molar-refractivity contribution in [3.63, 3.8) is 0 Å². The number of aromatic carboxylic acids is 1. The third-order valence-electron chi connectivity index (χ3n) is 4.39. The standard InChI is InChI=1S/C18H21N3O3/c1-3-5-11(6-4-2)16-19-10-15-17(22)20-13-8-7-12(18(23)24)9-14(13)21(15)16/h7-11H,3-6H2,1-2H3,(H,20,22)(H,23,24). The van der Waals surface area contributed by atoms with Gasteiger partial charge < -0.3 is 10.1 Å². The van der Waals surface area contributed by atoms with Gasteiger partial charge >= 0.3 is 5.97 Å². The van der Waals surface area contributed by atoms with E-state index in [0.717, 1.165) is 31.5 Å². The molecule has 0 amide bonds. The van der Waals surface area contributed by atoms with Gasteiger partial charge in [-0.05, 0) is 31.0 Å².